The van der Waals surface area contributed by atoms with Gasteiger partial charge in [0.15, 0.2) is 0 Å². The van der Waals surface area contributed by atoms with Crippen LogP contribution in [-0.2, 0) is 0 Å². The van der Waals surface area contributed by atoms with Gasteiger partial charge in [0, 0.05) is 27.6 Å². The highest BCUT2D eigenvalue weighted by molar-refractivity contribution is 9.11. The lowest BCUT2D eigenvalue weighted by atomic mass is 10.2. The van der Waals surface area contributed by atoms with Gasteiger partial charge in [-0.05, 0) is 40.5 Å². The van der Waals surface area contributed by atoms with Crippen molar-refractivity contribution >= 4 is 43.4 Å². The molecule has 4 N–H and O–H groups in total. The minimum Gasteiger partial charge on any atom is -0.409 e. The van der Waals surface area contributed by atoms with E-state index in [1.54, 1.807) is 0 Å². The molecule has 0 bridgehead atoms. The molecule has 1 aromatic carbocycles. The van der Waals surface area contributed by atoms with Crippen LogP contribution in [0.1, 0.15) is 12.8 Å². The lowest BCUT2D eigenvalue weighted by molar-refractivity contribution is 0.316. The van der Waals surface area contributed by atoms with Gasteiger partial charge < -0.3 is 16.3 Å². The quantitative estimate of drug-likeness (QED) is 0.251. The Morgan fingerprint density at radius 3 is 2.88 bits per heavy atom. The van der Waals surface area contributed by atoms with Gasteiger partial charge >= 0.3 is 0 Å². The van der Waals surface area contributed by atoms with E-state index in [9.17, 15) is 0 Å². The fraction of sp³-hybridized carbons (Fsp3) is 0.300. The first-order valence-electron chi connectivity index (χ1n) is 4.79. The number of rotatable bonds is 5. The first-order valence-corrected chi connectivity index (χ1v) is 6.37. The minimum absolute atomic E-state index is 0.259. The number of nitrogens with one attached hydrogen (secondary N) is 1. The third-order valence-corrected chi connectivity index (χ3v) is 3.17. The van der Waals surface area contributed by atoms with Gasteiger partial charge in [-0.2, -0.15) is 0 Å². The SMILES string of the molecule is NC(CCCNc1cc(Br)ccc1Br)=NO. The van der Waals surface area contributed by atoms with Crippen molar-refractivity contribution in [2.45, 2.75) is 12.8 Å². The molecule has 0 fully saturated rings. The molecule has 6 heteroatoms. The van der Waals surface area contributed by atoms with Gasteiger partial charge in [-0.1, -0.05) is 21.1 Å². The van der Waals surface area contributed by atoms with E-state index in [4.69, 9.17) is 10.9 Å². The number of anilines is 1. The average Bonchev–Trinajstić information content (AvgIpc) is 2.28. The molecule has 1 rings (SSSR count). The molecule has 0 unspecified atom stereocenters. The summed E-state index contributed by atoms with van der Waals surface area (Å²) in [5.74, 6) is 0.259. The standard InChI is InChI=1S/C10H13Br2N3O/c11-7-3-4-8(12)9(6-7)14-5-1-2-10(13)15-16/h3-4,6,14,16H,1-2,5H2,(H2,13,15). The van der Waals surface area contributed by atoms with Crippen LogP contribution < -0.4 is 11.1 Å². The zero-order valence-electron chi connectivity index (χ0n) is 8.58. The molecule has 0 aliphatic heterocycles. The second-order valence-electron chi connectivity index (χ2n) is 3.25. The van der Waals surface area contributed by atoms with Crippen LogP contribution in [0, 0.1) is 0 Å². The predicted molar refractivity (Wildman–Crippen MR) is 73.0 cm³/mol. The number of nitrogens with zero attached hydrogens (tertiary/aromatic N) is 1. The van der Waals surface area contributed by atoms with Crippen molar-refractivity contribution in [1.29, 1.82) is 0 Å². The van der Waals surface area contributed by atoms with Gasteiger partial charge in [0.1, 0.15) is 5.84 Å². The second kappa shape index (κ2) is 6.75. The highest BCUT2D eigenvalue weighted by atomic mass is 79.9. The summed E-state index contributed by atoms with van der Waals surface area (Å²) in [7, 11) is 0. The third-order valence-electron chi connectivity index (χ3n) is 1.98. The van der Waals surface area contributed by atoms with Gasteiger partial charge in [0.2, 0.25) is 0 Å². The zero-order valence-corrected chi connectivity index (χ0v) is 11.8. The Kier molecular flexibility index (Phi) is 5.62. The molecule has 0 saturated carbocycles. The lowest BCUT2D eigenvalue weighted by Crippen LogP contribution is -2.13. The molecule has 88 valence electrons. The van der Waals surface area contributed by atoms with E-state index in [0.29, 0.717) is 6.42 Å². The number of halogens is 2. The number of nitrogens with two attached hydrogens (primary N) is 1. The highest BCUT2D eigenvalue weighted by Gasteiger charge is 2.00. The number of hydrogen-bond donors (Lipinski definition) is 3. The minimum atomic E-state index is 0.259. The predicted octanol–water partition coefficient (Wildman–Crippen LogP) is 3.15. The van der Waals surface area contributed by atoms with E-state index >= 15 is 0 Å². The van der Waals surface area contributed by atoms with Crippen molar-refractivity contribution in [3.8, 4) is 0 Å². The van der Waals surface area contributed by atoms with Gasteiger partial charge in [-0.3, -0.25) is 0 Å². The normalized spacial score (nSPS) is 11.5. The van der Waals surface area contributed by atoms with E-state index in [1.165, 1.54) is 0 Å². The molecular weight excluding hydrogens is 338 g/mol. The topological polar surface area (TPSA) is 70.6 Å². The van der Waals surface area contributed by atoms with Crippen LogP contribution >= 0.6 is 31.9 Å². The Morgan fingerprint density at radius 2 is 2.19 bits per heavy atom. The van der Waals surface area contributed by atoms with Crippen LogP contribution in [0.3, 0.4) is 0 Å². The van der Waals surface area contributed by atoms with E-state index in [-0.39, 0.29) is 5.84 Å². The monoisotopic (exact) mass is 349 g/mol. The number of amidine groups is 1. The van der Waals surface area contributed by atoms with Gasteiger partial charge in [0.25, 0.3) is 0 Å². The summed E-state index contributed by atoms with van der Waals surface area (Å²) in [6.45, 7) is 0.769. The highest BCUT2D eigenvalue weighted by Crippen LogP contribution is 2.25. The third kappa shape index (κ3) is 4.40. The van der Waals surface area contributed by atoms with Crippen LogP contribution in [0.15, 0.2) is 32.3 Å². The Labute approximate surface area is 111 Å². The fourth-order valence-electron chi connectivity index (χ4n) is 1.18. The molecule has 0 radical (unpaired) electrons. The van der Waals surface area contributed by atoms with Crippen LogP contribution in [0.25, 0.3) is 0 Å². The average molecular weight is 351 g/mol. The fourth-order valence-corrected chi connectivity index (χ4v) is 1.92. The molecule has 0 aliphatic rings. The molecule has 0 amide bonds. The molecule has 0 aliphatic carbocycles. The number of hydrogen-bond acceptors (Lipinski definition) is 3. The summed E-state index contributed by atoms with van der Waals surface area (Å²) < 4.78 is 2.04. The Bertz CT molecular complexity index is 382. The molecule has 0 aromatic heterocycles. The van der Waals surface area contributed by atoms with Crippen molar-refractivity contribution in [2.75, 3.05) is 11.9 Å². The van der Waals surface area contributed by atoms with Crippen molar-refractivity contribution in [2.24, 2.45) is 10.9 Å². The maximum absolute atomic E-state index is 8.36. The van der Waals surface area contributed by atoms with Gasteiger partial charge in [-0.15, -0.1) is 0 Å². The summed E-state index contributed by atoms with van der Waals surface area (Å²) in [6, 6.07) is 5.93. The Hall–Kier alpha value is -0.750. The first-order chi connectivity index (χ1) is 7.63. The molecule has 0 atom stereocenters. The summed E-state index contributed by atoms with van der Waals surface area (Å²) in [6.07, 6.45) is 1.39. The Balaban J connectivity index is 2.40. The van der Waals surface area contributed by atoms with E-state index in [2.05, 4.69) is 42.3 Å². The van der Waals surface area contributed by atoms with Crippen LogP contribution in [0.4, 0.5) is 5.69 Å². The van der Waals surface area contributed by atoms with E-state index < -0.39 is 0 Å². The molecule has 16 heavy (non-hydrogen) atoms. The van der Waals surface area contributed by atoms with Crippen LogP contribution in [0.5, 0.6) is 0 Å². The second-order valence-corrected chi connectivity index (χ2v) is 5.02. The van der Waals surface area contributed by atoms with E-state index in [0.717, 1.165) is 27.6 Å². The largest absolute Gasteiger partial charge is 0.409 e. The molecule has 0 spiro atoms. The first kappa shape index (κ1) is 13.3. The number of benzene rings is 1. The van der Waals surface area contributed by atoms with Gasteiger partial charge in [0.05, 0.1) is 0 Å². The van der Waals surface area contributed by atoms with Gasteiger partial charge in [-0.25, -0.2) is 0 Å². The van der Waals surface area contributed by atoms with Crippen LogP contribution in [0.2, 0.25) is 0 Å². The molecule has 0 heterocycles. The van der Waals surface area contributed by atoms with Crippen molar-refractivity contribution < 1.29 is 5.21 Å². The molecule has 0 saturated heterocycles. The lowest BCUT2D eigenvalue weighted by Gasteiger charge is -2.08. The Morgan fingerprint density at radius 1 is 1.44 bits per heavy atom. The summed E-state index contributed by atoms with van der Waals surface area (Å²) in [5.41, 5.74) is 6.38. The molecule has 4 nitrogen and oxygen atoms in total. The number of oxime groups is 1. The van der Waals surface area contributed by atoms with Crippen molar-refractivity contribution in [1.82, 2.24) is 0 Å². The smallest absolute Gasteiger partial charge is 0.139 e. The summed E-state index contributed by atoms with van der Waals surface area (Å²) >= 11 is 6.86. The maximum atomic E-state index is 8.36. The van der Waals surface area contributed by atoms with Crippen molar-refractivity contribution in [3.05, 3.63) is 27.1 Å². The summed E-state index contributed by atoms with van der Waals surface area (Å²) in [5, 5.41) is 14.5. The van der Waals surface area contributed by atoms with E-state index in [1.807, 2.05) is 18.2 Å². The molecule has 1 aromatic rings. The van der Waals surface area contributed by atoms with Crippen molar-refractivity contribution in [3.63, 3.8) is 0 Å². The maximum Gasteiger partial charge on any atom is 0.139 e. The molecular formula is C10H13Br2N3O. The summed E-state index contributed by atoms with van der Waals surface area (Å²) in [4.78, 5) is 0. The van der Waals surface area contributed by atoms with Crippen LogP contribution in [-0.4, -0.2) is 17.6 Å². The zero-order chi connectivity index (χ0) is 12.0.